The van der Waals surface area contributed by atoms with Crippen LogP contribution in [0.15, 0.2) is 0 Å². The van der Waals surface area contributed by atoms with Crippen LogP contribution in [0.3, 0.4) is 0 Å². The van der Waals surface area contributed by atoms with Crippen LogP contribution in [0.1, 0.15) is 39.0 Å². The first-order valence-corrected chi connectivity index (χ1v) is 6.24. The van der Waals surface area contributed by atoms with E-state index in [1.807, 2.05) is 0 Å². The van der Waals surface area contributed by atoms with E-state index in [2.05, 4.69) is 15.4 Å². The van der Waals surface area contributed by atoms with Crippen molar-refractivity contribution in [1.82, 2.24) is 10.6 Å². The van der Waals surface area contributed by atoms with Crippen molar-refractivity contribution in [3.63, 3.8) is 0 Å². The lowest BCUT2D eigenvalue weighted by Gasteiger charge is -2.23. The molecule has 0 aromatic heterocycles. The van der Waals surface area contributed by atoms with Crippen molar-refractivity contribution in [2.24, 2.45) is 0 Å². The number of nitrogens with one attached hydrogen (secondary N) is 2. The highest BCUT2D eigenvalue weighted by Crippen LogP contribution is 2.11. The maximum atomic E-state index is 11.6. The Kier molecular flexibility index (Phi) is 5.97. The molecule has 98 valence electrons. The minimum atomic E-state index is -0.563. The van der Waals surface area contributed by atoms with Gasteiger partial charge in [-0.15, -0.1) is 0 Å². The van der Waals surface area contributed by atoms with Gasteiger partial charge in [0.1, 0.15) is 6.04 Å². The molecule has 0 aromatic rings. The van der Waals surface area contributed by atoms with Crippen LogP contribution in [-0.2, 0) is 14.3 Å². The number of methoxy groups -OCH3 is 1. The van der Waals surface area contributed by atoms with Crippen LogP contribution in [0.25, 0.3) is 0 Å². The van der Waals surface area contributed by atoms with Crippen molar-refractivity contribution < 1.29 is 14.3 Å². The van der Waals surface area contributed by atoms with Gasteiger partial charge in [-0.2, -0.15) is 0 Å². The fourth-order valence-corrected chi connectivity index (χ4v) is 2.03. The van der Waals surface area contributed by atoms with E-state index in [-0.39, 0.29) is 5.91 Å². The van der Waals surface area contributed by atoms with Gasteiger partial charge in [0, 0.05) is 12.5 Å². The van der Waals surface area contributed by atoms with E-state index in [1.165, 1.54) is 20.0 Å². The van der Waals surface area contributed by atoms with Crippen molar-refractivity contribution in [3.05, 3.63) is 0 Å². The first-order chi connectivity index (χ1) is 8.13. The van der Waals surface area contributed by atoms with Crippen LogP contribution in [-0.4, -0.2) is 37.6 Å². The van der Waals surface area contributed by atoms with E-state index in [0.717, 1.165) is 19.4 Å². The van der Waals surface area contributed by atoms with Crippen LogP contribution in [0.4, 0.5) is 0 Å². The number of rotatable bonds is 5. The third-order valence-electron chi connectivity index (χ3n) is 3.06. The predicted molar refractivity (Wildman–Crippen MR) is 64.5 cm³/mol. The van der Waals surface area contributed by atoms with Gasteiger partial charge in [-0.3, -0.25) is 4.79 Å². The molecule has 17 heavy (non-hydrogen) atoms. The van der Waals surface area contributed by atoms with Gasteiger partial charge in [0.05, 0.1) is 7.11 Å². The zero-order valence-electron chi connectivity index (χ0n) is 10.6. The summed E-state index contributed by atoms with van der Waals surface area (Å²) >= 11 is 0. The summed E-state index contributed by atoms with van der Waals surface area (Å²) in [5, 5.41) is 6.02. The van der Waals surface area contributed by atoms with Gasteiger partial charge < -0.3 is 15.4 Å². The predicted octanol–water partition coefficient (Wildman–Crippen LogP) is 0.586. The number of esters is 1. The number of carbonyl (C=O) groups is 2. The molecule has 5 heteroatoms. The summed E-state index contributed by atoms with van der Waals surface area (Å²) in [7, 11) is 1.32. The summed E-state index contributed by atoms with van der Waals surface area (Å²) < 4.78 is 4.54. The topological polar surface area (TPSA) is 67.4 Å². The Labute approximate surface area is 102 Å². The molecule has 0 bridgehead atoms. The van der Waals surface area contributed by atoms with Crippen LogP contribution >= 0.6 is 0 Å². The lowest BCUT2D eigenvalue weighted by Crippen LogP contribution is -2.40. The molecule has 1 heterocycles. The third-order valence-corrected chi connectivity index (χ3v) is 3.06. The Morgan fingerprint density at radius 3 is 2.82 bits per heavy atom. The molecule has 2 unspecified atom stereocenters. The molecule has 0 aromatic carbocycles. The van der Waals surface area contributed by atoms with Crippen LogP contribution in [0, 0.1) is 0 Å². The van der Waals surface area contributed by atoms with Crippen molar-refractivity contribution >= 4 is 11.9 Å². The molecule has 1 aliphatic heterocycles. The monoisotopic (exact) mass is 242 g/mol. The zero-order valence-corrected chi connectivity index (χ0v) is 10.6. The highest BCUT2D eigenvalue weighted by molar-refractivity contribution is 5.84. The van der Waals surface area contributed by atoms with Gasteiger partial charge in [-0.05, 0) is 32.7 Å². The molecule has 1 saturated heterocycles. The molecule has 1 rings (SSSR count). The van der Waals surface area contributed by atoms with Crippen LogP contribution in [0.2, 0.25) is 0 Å². The normalized spacial score (nSPS) is 21.6. The van der Waals surface area contributed by atoms with E-state index >= 15 is 0 Å². The fraction of sp³-hybridized carbons (Fsp3) is 0.833. The SMILES string of the molecule is COC(=O)C(C)NC(=O)CCC1CCCCN1. The largest absolute Gasteiger partial charge is 0.467 e. The van der Waals surface area contributed by atoms with Crippen molar-refractivity contribution in [3.8, 4) is 0 Å². The zero-order chi connectivity index (χ0) is 12.7. The Morgan fingerprint density at radius 2 is 2.24 bits per heavy atom. The Hall–Kier alpha value is -1.10. The second-order valence-electron chi connectivity index (χ2n) is 4.50. The number of carbonyl (C=O) groups excluding carboxylic acids is 2. The highest BCUT2D eigenvalue weighted by atomic mass is 16.5. The summed E-state index contributed by atoms with van der Waals surface area (Å²) in [6.07, 6.45) is 4.89. The molecule has 2 atom stereocenters. The standard InChI is InChI=1S/C12H22N2O3/c1-9(12(16)17-2)14-11(15)7-6-10-5-3-4-8-13-10/h9-10,13H,3-8H2,1-2H3,(H,14,15). The van der Waals surface area contributed by atoms with Gasteiger partial charge in [-0.25, -0.2) is 4.79 Å². The minimum absolute atomic E-state index is 0.0877. The van der Waals surface area contributed by atoms with Crippen molar-refractivity contribution in [1.29, 1.82) is 0 Å². The highest BCUT2D eigenvalue weighted by Gasteiger charge is 2.17. The summed E-state index contributed by atoms with van der Waals surface area (Å²) in [4.78, 5) is 22.7. The quantitative estimate of drug-likeness (QED) is 0.692. The summed E-state index contributed by atoms with van der Waals surface area (Å²) in [6.45, 7) is 2.67. The number of hydrogen-bond acceptors (Lipinski definition) is 4. The first-order valence-electron chi connectivity index (χ1n) is 6.24. The van der Waals surface area contributed by atoms with Gasteiger partial charge in [0.15, 0.2) is 0 Å². The fourth-order valence-electron chi connectivity index (χ4n) is 2.03. The van der Waals surface area contributed by atoms with Gasteiger partial charge in [0.25, 0.3) is 0 Å². The van der Waals surface area contributed by atoms with Crippen molar-refractivity contribution in [2.75, 3.05) is 13.7 Å². The van der Waals surface area contributed by atoms with Gasteiger partial charge in [-0.1, -0.05) is 6.42 Å². The first kappa shape index (κ1) is 14.0. The Morgan fingerprint density at radius 1 is 1.47 bits per heavy atom. The molecule has 2 N–H and O–H groups in total. The van der Waals surface area contributed by atoms with Gasteiger partial charge in [0.2, 0.25) is 5.91 Å². The molecular formula is C12H22N2O3. The van der Waals surface area contributed by atoms with Crippen LogP contribution < -0.4 is 10.6 Å². The van der Waals surface area contributed by atoms with E-state index < -0.39 is 12.0 Å². The molecule has 1 aliphatic rings. The average Bonchev–Trinajstić information content (AvgIpc) is 2.36. The lowest BCUT2D eigenvalue weighted by atomic mass is 10.0. The van der Waals surface area contributed by atoms with Crippen molar-refractivity contribution in [2.45, 2.75) is 51.1 Å². The molecule has 0 saturated carbocycles. The molecule has 5 nitrogen and oxygen atoms in total. The van der Waals surface area contributed by atoms with E-state index in [0.29, 0.717) is 12.5 Å². The van der Waals surface area contributed by atoms with E-state index in [4.69, 9.17) is 0 Å². The maximum absolute atomic E-state index is 11.6. The molecule has 0 spiro atoms. The molecular weight excluding hydrogens is 220 g/mol. The van der Waals surface area contributed by atoms with Crippen LogP contribution in [0.5, 0.6) is 0 Å². The molecule has 1 fully saturated rings. The van der Waals surface area contributed by atoms with E-state index in [9.17, 15) is 9.59 Å². The second kappa shape index (κ2) is 7.27. The molecule has 1 amide bonds. The maximum Gasteiger partial charge on any atom is 0.328 e. The lowest BCUT2D eigenvalue weighted by molar-refractivity contribution is -0.144. The second-order valence-corrected chi connectivity index (χ2v) is 4.50. The molecule has 0 radical (unpaired) electrons. The Balaban J connectivity index is 2.18. The summed E-state index contributed by atoms with van der Waals surface area (Å²) in [6, 6.07) is -0.116. The van der Waals surface area contributed by atoms with Gasteiger partial charge >= 0.3 is 5.97 Å². The number of ether oxygens (including phenoxy) is 1. The molecule has 0 aliphatic carbocycles. The number of hydrogen-bond donors (Lipinski definition) is 2. The summed E-state index contributed by atoms with van der Waals surface area (Å²) in [5.74, 6) is -0.496. The Bertz CT molecular complexity index is 262. The average molecular weight is 242 g/mol. The smallest absolute Gasteiger partial charge is 0.328 e. The number of amides is 1. The van der Waals surface area contributed by atoms with E-state index in [1.54, 1.807) is 6.92 Å². The minimum Gasteiger partial charge on any atom is -0.467 e. The summed E-state index contributed by atoms with van der Waals surface area (Å²) in [5.41, 5.74) is 0. The number of piperidine rings is 1. The third kappa shape index (κ3) is 5.17.